The zero-order valence-corrected chi connectivity index (χ0v) is 10.2. The van der Waals surface area contributed by atoms with Crippen LogP contribution in [-0.2, 0) is 9.59 Å². The van der Waals surface area contributed by atoms with Gasteiger partial charge in [0.15, 0.2) is 0 Å². The highest BCUT2D eigenvalue weighted by molar-refractivity contribution is 5.74. The highest BCUT2D eigenvalue weighted by atomic mass is 16.4. The first-order chi connectivity index (χ1) is 7.29. The van der Waals surface area contributed by atoms with Gasteiger partial charge in [-0.25, -0.2) is 0 Å². The van der Waals surface area contributed by atoms with E-state index in [1.807, 2.05) is 27.7 Å². The smallest absolute Gasteiger partial charge is 0.307 e. The quantitative estimate of drug-likeness (QED) is 0.757. The van der Waals surface area contributed by atoms with Crippen molar-refractivity contribution in [2.24, 2.45) is 35.5 Å². The van der Waals surface area contributed by atoms with Gasteiger partial charge >= 0.3 is 11.9 Å². The normalized spacial score (nSPS) is 44.0. The largest absolute Gasteiger partial charge is 0.481 e. The van der Waals surface area contributed by atoms with Crippen molar-refractivity contribution in [3.8, 4) is 0 Å². The molecule has 4 atom stereocenters. The topological polar surface area (TPSA) is 74.6 Å². The molecule has 0 radical (unpaired) electrons. The van der Waals surface area contributed by atoms with E-state index in [2.05, 4.69) is 0 Å². The third-order valence-corrected chi connectivity index (χ3v) is 4.49. The lowest BCUT2D eigenvalue weighted by Gasteiger charge is -2.44. The fourth-order valence-electron chi connectivity index (χ4n) is 3.17. The van der Waals surface area contributed by atoms with Crippen LogP contribution in [0.5, 0.6) is 0 Å². The molecule has 1 aliphatic carbocycles. The molecule has 4 nitrogen and oxygen atoms in total. The van der Waals surface area contributed by atoms with Crippen LogP contribution in [0.2, 0.25) is 0 Å². The van der Waals surface area contributed by atoms with Gasteiger partial charge in [-0.2, -0.15) is 0 Å². The van der Waals surface area contributed by atoms with Crippen molar-refractivity contribution >= 4 is 11.9 Å². The van der Waals surface area contributed by atoms with E-state index >= 15 is 0 Å². The molecule has 4 heteroatoms. The van der Waals surface area contributed by atoms with Crippen molar-refractivity contribution in [3.05, 3.63) is 0 Å². The van der Waals surface area contributed by atoms with E-state index in [0.717, 1.165) is 0 Å². The molecule has 1 fully saturated rings. The molecule has 0 amide bonds. The van der Waals surface area contributed by atoms with E-state index < -0.39 is 23.8 Å². The second kappa shape index (κ2) is 4.44. The average molecular weight is 228 g/mol. The number of rotatable bonds is 2. The van der Waals surface area contributed by atoms with E-state index in [1.54, 1.807) is 0 Å². The Morgan fingerprint density at radius 1 is 0.688 bits per heavy atom. The van der Waals surface area contributed by atoms with Crippen molar-refractivity contribution in [1.29, 1.82) is 0 Å². The van der Waals surface area contributed by atoms with Gasteiger partial charge in [-0.3, -0.25) is 9.59 Å². The zero-order valence-electron chi connectivity index (χ0n) is 10.2. The standard InChI is InChI=1S/C12H20O4/c1-5-6(2)10(12(15)16)8(4)7(3)9(5)11(13)14/h5-10H,1-4H3,(H,13,14)(H,15,16). The van der Waals surface area contributed by atoms with E-state index in [1.165, 1.54) is 0 Å². The molecule has 0 aliphatic heterocycles. The van der Waals surface area contributed by atoms with Gasteiger partial charge in [0, 0.05) is 0 Å². The minimum atomic E-state index is -0.803. The van der Waals surface area contributed by atoms with Crippen molar-refractivity contribution in [1.82, 2.24) is 0 Å². The SMILES string of the molecule is CC1C(C)C(C(=O)O)C(C)C(C)C1C(=O)O. The lowest BCUT2D eigenvalue weighted by molar-refractivity contribution is -0.161. The summed E-state index contributed by atoms with van der Waals surface area (Å²) in [5, 5.41) is 18.4. The maximum atomic E-state index is 11.2. The molecule has 0 saturated heterocycles. The summed E-state index contributed by atoms with van der Waals surface area (Å²) in [6, 6.07) is 0. The number of carboxylic acids is 2. The first-order valence-electron chi connectivity index (χ1n) is 5.74. The highest BCUT2D eigenvalue weighted by Gasteiger charge is 2.48. The Morgan fingerprint density at radius 3 is 1.00 bits per heavy atom. The Hall–Kier alpha value is -1.06. The van der Waals surface area contributed by atoms with Crippen LogP contribution >= 0.6 is 0 Å². The van der Waals surface area contributed by atoms with Crippen LogP contribution in [0.25, 0.3) is 0 Å². The molecule has 0 aromatic carbocycles. The molecule has 1 saturated carbocycles. The van der Waals surface area contributed by atoms with Gasteiger partial charge in [0.1, 0.15) is 0 Å². The fourth-order valence-corrected chi connectivity index (χ4v) is 3.17. The Bertz CT molecular complexity index is 253. The van der Waals surface area contributed by atoms with Crippen LogP contribution < -0.4 is 0 Å². The molecule has 16 heavy (non-hydrogen) atoms. The molecule has 0 aromatic rings. The summed E-state index contributed by atoms with van der Waals surface area (Å²) in [6.07, 6.45) is 0. The van der Waals surface area contributed by atoms with Gasteiger partial charge in [0.25, 0.3) is 0 Å². The summed E-state index contributed by atoms with van der Waals surface area (Å²) in [5.41, 5.74) is 0. The first kappa shape index (κ1) is 13.0. The number of aliphatic carboxylic acids is 2. The van der Waals surface area contributed by atoms with Crippen LogP contribution in [0, 0.1) is 35.5 Å². The lowest BCUT2D eigenvalue weighted by atomic mass is 9.59. The number of hydrogen-bond donors (Lipinski definition) is 2. The monoisotopic (exact) mass is 228 g/mol. The number of carbonyl (C=O) groups is 2. The second-order valence-electron chi connectivity index (χ2n) is 5.16. The number of hydrogen-bond acceptors (Lipinski definition) is 2. The van der Waals surface area contributed by atoms with Gasteiger partial charge in [0.05, 0.1) is 11.8 Å². The third-order valence-electron chi connectivity index (χ3n) is 4.49. The van der Waals surface area contributed by atoms with E-state index in [-0.39, 0.29) is 23.7 Å². The van der Waals surface area contributed by atoms with E-state index in [0.29, 0.717) is 0 Å². The Balaban J connectivity index is 3.03. The van der Waals surface area contributed by atoms with Crippen molar-refractivity contribution in [2.45, 2.75) is 27.7 Å². The van der Waals surface area contributed by atoms with E-state index in [4.69, 9.17) is 0 Å². The van der Waals surface area contributed by atoms with Crippen molar-refractivity contribution in [3.63, 3.8) is 0 Å². The zero-order chi connectivity index (χ0) is 12.6. The van der Waals surface area contributed by atoms with Gasteiger partial charge in [-0.1, -0.05) is 27.7 Å². The van der Waals surface area contributed by atoms with Crippen LogP contribution in [-0.4, -0.2) is 22.2 Å². The van der Waals surface area contributed by atoms with Gasteiger partial charge in [-0.15, -0.1) is 0 Å². The maximum Gasteiger partial charge on any atom is 0.307 e. The fraction of sp³-hybridized carbons (Fsp3) is 0.833. The Morgan fingerprint density at radius 2 is 0.875 bits per heavy atom. The molecule has 2 N–H and O–H groups in total. The molecule has 0 bridgehead atoms. The maximum absolute atomic E-state index is 11.2. The third kappa shape index (κ3) is 1.93. The van der Waals surface area contributed by atoms with Crippen LogP contribution in [0.1, 0.15) is 27.7 Å². The van der Waals surface area contributed by atoms with Gasteiger partial charge in [-0.05, 0) is 23.7 Å². The van der Waals surface area contributed by atoms with Crippen LogP contribution in [0.3, 0.4) is 0 Å². The average Bonchev–Trinajstić information content (AvgIpc) is 2.14. The molecule has 0 aromatic heterocycles. The molecule has 1 aliphatic rings. The van der Waals surface area contributed by atoms with Crippen molar-refractivity contribution < 1.29 is 19.8 Å². The van der Waals surface area contributed by atoms with Gasteiger partial charge < -0.3 is 10.2 Å². The Labute approximate surface area is 95.7 Å². The summed E-state index contributed by atoms with van der Waals surface area (Å²) >= 11 is 0. The summed E-state index contributed by atoms with van der Waals surface area (Å²) < 4.78 is 0. The molecule has 4 unspecified atom stereocenters. The minimum absolute atomic E-state index is 0.0928. The van der Waals surface area contributed by atoms with Crippen LogP contribution in [0.4, 0.5) is 0 Å². The minimum Gasteiger partial charge on any atom is -0.481 e. The van der Waals surface area contributed by atoms with E-state index in [9.17, 15) is 19.8 Å². The molecule has 1 rings (SSSR count). The second-order valence-corrected chi connectivity index (χ2v) is 5.16. The molecular weight excluding hydrogens is 208 g/mol. The predicted molar refractivity (Wildman–Crippen MR) is 58.9 cm³/mol. The molecule has 0 heterocycles. The Kier molecular flexibility index (Phi) is 3.61. The first-order valence-corrected chi connectivity index (χ1v) is 5.74. The van der Waals surface area contributed by atoms with Crippen molar-refractivity contribution in [2.75, 3.05) is 0 Å². The highest BCUT2D eigenvalue weighted by Crippen LogP contribution is 2.45. The summed E-state index contributed by atoms with van der Waals surface area (Å²) in [4.78, 5) is 22.4. The predicted octanol–water partition coefficient (Wildman–Crippen LogP) is 1.95. The number of carboxylic acid groups (broad SMARTS) is 2. The molecule has 92 valence electrons. The summed E-state index contributed by atoms with van der Waals surface area (Å²) in [7, 11) is 0. The molecular formula is C12H20O4. The molecule has 0 spiro atoms. The van der Waals surface area contributed by atoms with Crippen LogP contribution in [0.15, 0.2) is 0 Å². The lowest BCUT2D eigenvalue weighted by Crippen LogP contribution is -2.48. The summed E-state index contributed by atoms with van der Waals surface area (Å²) in [5.74, 6) is -2.84. The summed E-state index contributed by atoms with van der Waals surface area (Å²) in [6.45, 7) is 7.40. The van der Waals surface area contributed by atoms with Gasteiger partial charge in [0.2, 0.25) is 0 Å².